The number of nitrogens with zero attached hydrogens (tertiary/aromatic N) is 1. The van der Waals surface area contributed by atoms with Crippen molar-refractivity contribution in [3.8, 4) is 5.75 Å². The Bertz CT molecular complexity index is 875. The maximum absolute atomic E-state index is 12.7. The zero-order valence-corrected chi connectivity index (χ0v) is 17.8. The molecule has 0 radical (unpaired) electrons. The van der Waals surface area contributed by atoms with E-state index >= 15 is 0 Å². The first-order valence-corrected chi connectivity index (χ1v) is 9.63. The number of carbonyl (C=O) groups is 3. The molecule has 0 aliphatic heterocycles. The van der Waals surface area contributed by atoms with E-state index in [0.717, 1.165) is 5.56 Å². The van der Waals surface area contributed by atoms with Crippen LogP contribution in [0.4, 0.5) is 0 Å². The number of methoxy groups -OCH3 is 1. The predicted octanol–water partition coefficient (Wildman–Crippen LogP) is 2.80. The molecule has 1 N–H and O–H groups in total. The van der Waals surface area contributed by atoms with E-state index in [-0.39, 0.29) is 12.5 Å². The van der Waals surface area contributed by atoms with Gasteiger partial charge in [-0.2, -0.15) is 0 Å². The van der Waals surface area contributed by atoms with Crippen LogP contribution in [-0.4, -0.2) is 48.5 Å². The SMILES string of the molecule is COc1ccccc1C(=O)NCC(=O)OCC(=O)N(Cc1ccccc1)C(C)(C)C. The number of esters is 1. The van der Waals surface area contributed by atoms with Crippen LogP contribution >= 0.6 is 0 Å². The minimum Gasteiger partial charge on any atom is -0.496 e. The molecule has 0 aliphatic rings. The molecule has 7 heteroatoms. The first-order chi connectivity index (χ1) is 14.2. The zero-order valence-electron chi connectivity index (χ0n) is 17.8. The lowest BCUT2D eigenvalue weighted by Crippen LogP contribution is -2.47. The van der Waals surface area contributed by atoms with Crippen LogP contribution in [0.15, 0.2) is 54.6 Å². The van der Waals surface area contributed by atoms with E-state index in [1.54, 1.807) is 29.2 Å². The molecule has 0 spiro atoms. The summed E-state index contributed by atoms with van der Waals surface area (Å²) >= 11 is 0. The highest BCUT2D eigenvalue weighted by Gasteiger charge is 2.27. The third-order valence-corrected chi connectivity index (χ3v) is 4.40. The Morgan fingerprint density at radius 3 is 2.23 bits per heavy atom. The largest absolute Gasteiger partial charge is 0.496 e. The van der Waals surface area contributed by atoms with Gasteiger partial charge in [-0.1, -0.05) is 42.5 Å². The maximum atomic E-state index is 12.7. The second-order valence-electron chi connectivity index (χ2n) is 7.68. The Labute approximate surface area is 177 Å². The van der Waals surface area contributed by atoms with E-state index in [2.05, 4.69) is 5.32 Å². The summed E-state index contributed by atoms with van der Waals surface area (Å²) in [5, 5.41) is 2.48. The van der Waals surface area contributed by atoms with Crippen LogP contribution in [0.1, 0.15) is 36.7 Å². The van der Waals surface area contributed by atoms with Gasteiger partial charge in [0.25, 0.3) is 11.8 Å². The van der Waals surface area contributed by atoms with Gasteiger partial charge >= 0.3 is 5.97 Å². The lowest BCUT2D eigenvalue weighted by Gasteiger charge is -2.35. The fourth-order valence-electron chi connectivity index (χ4n) is 2.82. The number of para-hydroxylation sites is 1. The van der Waals surface area contributed by atoms with Crippen molar-refractivity contribution in [2.24, 2.45) is 0 Å². The zero-order chi connectivity index (χ0) is 22.1. The smallest absolute Gasteiger partial charge is 0.325 e. The molecule has 2 aromatic rings. The average molecular weight is 412 g/mol. The predicted molar refractivity (Wildman–Crippen MR) is 113 cm³/mol. The third-order valence-electron chi connectivity index (χ3n) is 4.40. The van der Waals surface area contributed by atoms with Crippen LogP contribution in [0.3, 0.4) is 0 Å². The number of ether oxygens (including phenoxy) is 2. The lowest BCUT2D eigenvalue weighted by molar-refractivity contribution is -0.153. The van der Waals surface area contributed by atoms with Gasteiger partial charge in [0.05, 0.1) is 12.7 Å². The van der Waals surface area contributed by atoms with E-state index in [1.165, 1.54) is 7.11 Å². The van der Waals surface area contributed by atoms with Crippen LogP contribution in [-0.2, 0) is 20.9 Å². The first-order valence-electron chi connectivity index (χ1n) is 9.63. The average Bonchev–Trinajstić information content (AvgIpc) is 2.74. The molecule has 0 aromatic heterocycles. The summed E-state index contributed by atoms with van der Waals surface area (Å²) in [7, 11) is 1.46. The highest BCUT2D eigenvalue weighted by atomic mass is 16.5. The maximum Gasteiger partial charge on any atom is 0.325 e. The molecule has 0 unspecified atom stereocenters. The molecule has 0 bridgehead atoms. The number of benzene rings is 2. The molecule has 0 heterocycles. The van der Waals surface area contributed by atoms with Crippen molar-refractivity contribution in [3.63, 3.8) is 0 Å². The highest BCUT2D eigenvalue weighted by molar-refractivity contribution is 5.98. The molecule has 0 saturated carbocycles. The number of carbonyl (C=O) groups excluding carboxylic acids is 3. The van der Waals surface area contributed by atoms with Crippen molar-refractivity contribution in [3.05, 3.63) is 65.7 Å². The Balaban J connectivity index is 1.89. The molecule has 0 saturated heterocycles. The van der Waals surface area contributed by atoms with Crippen molar-refractivity contribution in [2.75, 3.05) is 20.3 Å². The van der Waals surface area contributed by atoms with Gasteiger partial charge in [0, 0.05) is 12.1 Å². The second-order valence-corrected chi connectivity index (χ2v) is 7.68. The first kappa shape index (κ1) is 22.9. The molecule has 7 nitrogen and oxygen atoms in total. The summed E-state index contributed by atoms with van der Waals surface area (Å²) < 4.78 is 10.2. The second kappa shape index (κ2) is 10.4. The van der Waals surface area contributed by atoms with E-state index in [0.29, 0.717) is 17.9 Å². The Hall–Kier alpha value is -3.35. The number of rotatable bonds is 8. The Kier molecular flexibility index (Phi) is 7.98. The van der Waals surface area contributed by atoms with Gasteiger partial charge in [0.2, 0.25) is 0 Å². The number of hydrogen-bond donors (Lipinski definition) is 1. The van der Waals surface area contributed by atoms with E-state index in [4.69, 9.17) is 9.47 Å². The molecule has 0 fully saturated rings. The van der Waals surface area contributed by atoms with Crippen molar-refractivity contribution >= 4 is 17.8 Å². The molecule has 0 atom stereocenters. The van der Waals surface area contributed by atoms with Gasteiger partial charge in [-0.25, -0.2) is 0 Å². The molecule has 2 amide bonds. The lowest BCUT2D eigenvalue weighted by atomic mass is 10.0. The van der Waals surface area contributed by atoms with Gasteiger partial charge in [0.1, 0.15) is 12.3 Å². The van der Waals surface area contributed by atoms with Crippen molar-refractivity contribution < 1.29 is 23.9 Å². The third kappa shape index (κ3) is 6.62. The fourth-order valence-corrected chi connectivity index (χ4v) is 2.82. The summed E-state index contributed by atoms with van der Waals surface area (Å²) in [5.41, 5.74) is 0.846. The van der Waals surface area contributed by atoms with Crippen molar-refractivity contribution in [2.45, 2.75) is 32.9 Å². The van der Waals surface area contributed by atoms with Crippen LogP contribution < -0.4 is 10.1 Å². The summed E-state index contributed by atoms with van der Waals surface area (Å²) in [6, 6.07) is 16.3. The number of nitrogens with one attached hydrogen (secondary N) is 1. The Morgan fingerprint density at radius 1 is 0.967 bits per heavy atom. The van der Waals surface area contributed by atoms with Crippen LogP contribution in [0.5, 0.6) is 5.75 Å². The molecule has 2 aromatic carbocycles. The van der Waals surface area contributed by atoms with E-state index in [9.17, 15) is 14.4 Å². The quantitative estimate of drug-likeness (QED) is 0.674. The summed E-state index contributed by atoms with van der Waals surface area (Å²) in [6.07, 6.45) is 0. The van der Waals surface area contributed by atoms with Crippen LogP contribution in [0.2, 0.25) is 0 Å². The topological polar surface area (TPSA) is 84.9 Å². The monoisotopic (exact) mass is 412 g/mol. The van der Waals surface area contributed by atoms with Crippen LogP contribution in [0.25, 0.3) is 0 Å². The van der Waals surface area contributed by atoms with Crippen LogP contribution in [0, 0.1) is 0 Å². The number of amides is 2. The minimum atomic E-state index is -0.694. The molecule has 0 aliphatic carbocycles. The molecular weight excluding hydrogens is 384 g/mol. The molecule has 30 heavy (non-hydrogen) atoms. The standard InChI is InChI=1S/C23H28N2O5/c1-23(2,3)25(15-17-10-6-5-7-11-17)20(26)16-30-21(27)14-24-22(28)18-12-8-9-13-19(18)29-4/h5-13H,14-16H2,1-4H3,(H,24,28). The van der Waals surface area contributed by atoms with Crippen molar-refractivity contribution in [1.29, 1.82) is 0 Å². The molecule has 160 valence electrons. The van der Waals surface area contributed by atoms with Gasteiger partial charge in [-0.3, -0.25) is 14.4 Å². The minimum absolute atomic E-state index is 0.309. The molecular formula is C23H28N2O5. The van der Waals surface area contributed by atoms with E-state index in [1.807, 2.05) is 51.1 Å². The van der Waals surface area contributed by atoms with E-state index < -0.39 is 24.0 Å². The van der Waals surface area contributed by atoms with Gasteiger partial charge in [-0.05, 0) is 38.5 Å². The van der Waals surface area contributed by atoms with Crippen molar-refractivity contribution in [1.82, 2.24) is 10.2 Å². The highest BCUT2D eigenvalue weighted by Crippen LogP contribution is 2.18. The van der Waals surface area contributed by atoms with Gasteiger partial charge in [-0.15, -0.1) is 0 Å². The summed E-state index contributed by atoms with van der Waals surface area (Å²) in [5.74, 6) is -1.06. The van der Waals surface area contributed by atoms with Gasteiger partial charge < -0.3 is 19.7 Å². The normalized spacial score (nSPS) is 10.8. The summed E-state index contributed by atoms with van der Waals surface area (Å²) in [6.45, 7) is 5.42. The summed E-state index contributed by atoms with van der Waals surface area (Å²) in [4.78, 5) is 38.6. The fraction of sp³-hybridized carbons (Fsp3) is 0.348. The Morgan fingerprint density at radius 2 is 1.60 bits per heavy atom. The number of hydrogen-bond acceptors (Lipinski definition) is 5. The van der Waals surface area contributed by atoms with Gasteiger partial charge in [0.15, 0.2) is 6.61 Å². The molecule has 2 rings (SSSR count).